The number of nitrogens with zero attached hydrogens (tertiary/aromatic N) is 2. The maximum Gasteiger partial charge on any atom is 0.319 e. The molecule has 0 aliphatic carbocycles. The van der Waals surface area contributed by atoms with Crippen molar-refractivity contribution in [1.82, 2.24) is 9.55 Å². The van der Waals surface area contributed by atoms with Gasteiger partial charge < -0.3 is 9.47 Å². The van der Waals surface area contributed by atoms with E-state index in [0.29, 0.717) is 27.9 Å². The molecule has 0 amide bonds. The highest BCUT2D eigenvalue weighted by molar-refractivity contribution is 8.00. The first-order valence-electron chi connectivity index (χ1n) is 8.26. The molecule has 8 heteroatoms. The van der Waals surface area contributed by atoms with Crippen LogP contribution in [0.25, 0.3) is 5.69 Å². The quantitative estimate of drug-likeness (QED) is 0.425. The number of methoxy groups -OCH3 is 2. The summed E-state index contributed by atoms with van der Waals surface area (Å²) >= 11 is 2.79. The van der Waals surface area contributed by atoms with Crippen molar-refractivity contribution in [3.05, 3.63) is 40.3 Å². The molecule has 1 aliphatic rings. The lowest BCUT2D eigenvalue weighted by Gasteiger charge is -2.17. The van der Waals surface area contributed by atoms with E-state index in [2.05, 4.69) is 0 Å². The van der Waals surface area contributed by atoms with Gasteiger partial charge in [-0.25, -0.2) is 4.98 Å². The Morgan fingerprint density at radius 2 is 2.23 bits per heavy atom. The molecule has 1 aliphatic heterocycles. The average molecular weight is 393 g/mol. The summed E-state index contributed by atoms with van der Waals surface area (Å²) in [4.78, 5) is 30.5. The van der Waals surface area contributed by atoms with E-state index < -0.39 is 5.25 Å². The molecule has 0 saturated carbocycles. The van der Waals surface area contributed by atoms with Gasteiger partial charge in [-0.2, -0.15) is 0 Å². The summed E-state index contributed by atoms with van der Waals surface area (Å²) in [5, 5.41) is 0.0811. The second kappa shape index (κ2) is 8.18. The molecule has 2 heterocycles. The molecular formula is C18H20N2O4S2. The minimum absolute atomic E-state index is 0.104. The Balaban J connectivity index is 2.15. The lowest BCUT2D eigenvalue weighted by atomic mass is 10.3. The summed E-state index contributed by atoms with van der Waals surface area (Å²) in [6.45, 7) is 1.91. The van der Waals surface area contributed by atoms with Gasteiger partial charge in [0.05, 0.1) is 30.5 Å². The number of hydrogen-bond donors (Lipinski definition) is 0. The fourth-order valence-electron chi connectivity index (χ4n) is 2.71. The number of fused-ring (bicyclic) bond motifs is 1. The molecule has 26 heavy (non-hydrogen) atoms. The summed E-state index contributed by atoms with van der Waals surface area (Å²) in [6, 6.07) is 7.27. The van der Waals surface area contributed by atoms with E-state index in [-0.39, 0.29) is 11.5 Å². The third-order valence-electron chi connectivity index (χ3n) is 4.06. The van der Waals surface area contributed by atoms with Crippen LogP contribution in [0, 0.1) is 0 Å². The maximum atomic E-state index is 13.1. The number of aromatic nitrogens is 2. The van der Waals surface area contributed by atoms with Gasteiger partial charge in [0.2, 0.25) is 0 Å². The zero-order valence-corrected chi connectivity index (χ0v) is 16.5. The lowest BCUT2D eigenvalue weighted by Crippen LogP contribution is -2.26. The van der Waals surface area contributed by atoms with Crippen LogP contribution >= 0.6 is 23.5 Å². The van der Waals surface area contributed by atoms with Crippen molar-refractivity contribution >= 4 is 29.5 Å². The van der Waals surface area contributed by atoms with Crippen LogP contribution in [0.2, 0.25) is 0 Å². The molecular weight excluding hydrogens is 372 g/mol. The number of thioether (sulfide) groups is 2. The van der Waals surface area contributed by atoms with E-state index in [1.807, 2.05) is 25.1 Å². The fourth-order valence-corrected chi connectivity index (χ4v) is 4.80. The molecule has 3 rings (SSSR count). The number of aryl methyl sites for hydroxylation is 1. The number of ether oxygens (including phenoxy) is 2. The van der Waals surface area contributed by atoms with Crippen LogP contribution in [0.4, 0.5) is 0 Å². The molecule has 0 bridgehead atoms. The van der Waals surface area contributed by atoms with E-state index in [0.717, 1.165) is 17.9 Å². The van der Waals surface area contributed by atoms with Gasteiger partial charge in [-0.3, -0.25) is 14.2 Å². The SMILES string of the molecule is CCC(Sc1nc2c(c(=O)n1-c1cccc(OC)c1)SCC2)C(=O)OC. The molecule has 0 spiro atoms. The van der Waals surface area contributed by atoms with Gasteiger partial charge >= 0.3 is 5.97 Å². The summed E-state index contributed by atoms with van der Waals surface area (Å²) in [5.74, 6) is 1.18. The van der Waals surface area contributed by atoms with Gasteiger partial charge in [-0.15, -0.1) is 11.8 Å². The van der Waals surface area contributed by atoms with Crippen molar-refractivity contribution in [3.63, 3.8) is 0 Å². The van der Waals surface area contributed by atoms with Gasteiger partial charge in [-0.1, -0.05) is 24.8 Å². The molecule has 1 unspecified atom stereocenters. The van der Waals surface area contributed by atoms with Crippen LogP contribution in [0.1, 0.15) is 19.0 Å². The molecule has 0 saturated heterocycles. The van der Waals surface area contributed by atoms with E-state index in [1.165, 1.54) is 30.6 Å². The average Bonchev–Trinajstić information content (AvgIpc) is 3.14. The van der Waals surface area contributed by atoms with Crippen LogP contribution in [0.15, 0.2) is 39.1 Å². The van der Waals surface area contributed by atoms with E-state index in [1.54, 1.807) is 17.7 Å². The Labute approximate surface area is 160 Å². The van der Waals surface area contributed by atoms with Crippen molar-refractivity contribution in [2.75, 3.05) is 20.0 Å². The standard InChI is InChI=1S/C18H20N2O4S2/c1-4-14(17(22)24-3)26-18-19-13-8-9-25-15(13)16(21)20(18)11-6-5-7-12(10-11)23-2/h5-7,10,14H,4,8-9H2,1-3H3. The van der Waals surface area contributed by atoms with E-state index in [4.69, 9.17) is 14.5 Å². The molecule has 0 radical (unpaired) electrons. The van der Waals surface area contributed by atoms with Crippen LogP contribution in [0.3, 0.4) is 0 Å². The molecule has 138 valence electrons. The second-order valence-corrected chi connectivity index (χ2v) is 7.92. The lowest BCUT2D eigenvalue weighted by molar-refractivity contribution is -0.140. The van der Waals surface area contributed by atoms with Gasteiger partial charge in [0.15, 0.2) is 5.16 Å². The molecule has 1 aromatic carbocycles. The van der Waals surface area contributed by atoms with Crippen molar-refractivity contribution in [3.8, 4) is 11.4 Å². The first-order valence-corrected chi connectivity index (χ1v) is 10.1. The summed E-state index contributed by atoms with van der Waals surface area (Å²) in [7, 11) is 2.95. The Bertz CT molecular complexity index is 882. The highest BCUT2D eigenvalue weighted by atomic mass is 32.2. The van der Waals surface area contributed by atoms with Crippen molar-refractivity contribution in [2.45, 2.75) is 35.1 Å². The Kier molecular flexibility index (Phi) is 5.93. The number of benzene rings is 1. The minimum atomic E-state index is -0.420. The number of esters is 1. The van der Waals surface area contributed by atoms with Gasteiger partial charge in [0.1, 0.15) is 11.0 Å². The van der Waals surface area contributed by atoms with Crippen LogP contribution < -0.4 is 10.3 Å². The monoisotopic (exact) mass is 392 g/mol. The molecule has 0 fully saturated rings. The summed E-state index contributed by atoms with van der Waals surface area (Å²) in [5.41, 5.74) is 1.37. The minimum Gasteiger partial charge on any atom is -0.497 e. The molecule has 2 aromatic rings. The first kappa shape index (κ1) is 18.8. The first-order chi connectivity index (χ1) is 12.6. The predicted molar refractivity (Wildman–Crippen MR) is 103 cm³/mol. The van der Waals surface area contributed by atoms with Crippen LogP contribution in [0.5, 0.6) is 5.75 Å². The number of carbonyl (C=O) groups excluding carboxylic acids is 1. The zero-order valence-electron chi connectivity index (χ0n) is 14.9. The third-order valence-corrected chi connectivity index (χ3v) is 6.46. The topological polar surface area (TPSA) is 70.4 Å². The molecule has 1 atom stereocenters. The normalized spacial score (nSPS) is 14.0. The highest BCUT2D eigenvalue weighted by Gasteiger charge is 2.26. The zero-order chi connectivity index (χ0) is 18.7. The van der Waals surface area contributed by atoms with Crippen LogP contribution in [-0.4, -0.2) is 40.7 Å². The predicted octanol–water partition coefficient (Wildman–Crippen LogP) is 2.93. The number of hydrogen-bond acceptors (Lipinski definition) is 7. The largest absolute Gasteiger partial charge is 0.497 e. The Morgan fingerprint density at radius 3 is 2.92 bits per heavy atom. The number of rotatable bonds is 6. The van der Waals surface area contributed by atoms with E-state index >= 15 is 0 Å². The highest BCUT2D eigenvalue weighted by Crippen LogP contribution is 2.32. The molecule has 0 N–H and O–H groups in total. The smallest absolute Gasteiger partial charge is 0.319 e. The van der Waals surface area contributed by atoms with Gasteiger partial charge in [0.25, 0.3) is 5.56 Å². The summed E-state index contributed by atoms with van der Waals surface area (Å²) in [6.07, 6.45) is 1.34. The third kappa shape index (κ3) is 3.61. The van der Waals surface area contributed by atoms with Crippen molar-refractivity contribution < 1.29 is 14.3 Å². The number of carbonyl (C=O) groups is 1. The van der Waals surface area contributed by atoms with Gasteiger partial charge in [-0.05, 0) is 18.6 Å². The van der Waals surface area contributed by atoms with Crippen LogP contribution in [-0.2, 0) is 16.0 Å². The van der Waals surface area contributed by atoms with Crippen molar-refractivity contribution in [1.29, 1.82) is 0 Å². The molecule has 1 aromatic heterocycles. The van der Waals surface area contributed by atoms with E-state index in [9.17, 15) is 9.59 Å². The fraction of sp³-hybridized carbons (Fsp3) is 0.389. The van der Waals surface area contributed by atoms with Gasteiger partial charge in [0, 0.05) is 18.2 Å². The Morgan fingerprint density at radius 1 is 1.42 bits per heavy atom. The second-order valence-electron chi connectivity index (χ2n) is 5.65. The Hall–Kier alpha value is -1.93. The van der Waals surface area contributed by atoms with Crippen molar-refractivity contribution in [2.24, 2.45) is 0 Å². The molecule has 6 nitrogen and oxygen atoms in total. The maximum absolute atomic E-state index is 13.1. The summed E-state index contributed by atoms with van der Waals surface area (Å²) < 4.78 is 11.7.